The van der Waals surface area contributed by atoms with Crippen LogP contribution in [0.5, 0.6) is 11.5 Å². The molecule has 2 heterocycles. The molecule has 0 bridgehead atoms. The summed E-state index contributed by atoms with van der Waals surface area (Å²) in [5, 5.41) is 2.01. The first-order valence-electron chi connectivity index (χ1n) is 9.30. The molecule has 0 aliphatic rings. The van der Waals surface area contributed by atoms with Crippen LogP contribution in [0.15, 0.2) is 58.8 Å². The minimum Gasteiger partial charge on any atom is -0.493 e. The van der Waals surface area contributed by atoms with Crippen LogP contribution in [0.2, 0.25) is 0 Å². The van der Waals surface area contributed by atoms with Crippen LogP contribution >= 0.6 is 11.3 Å². The molecule has 0 fully saturated rings. The Morgan fingerprint density at radius 2 is 2.00 bits per heavy atom. The molecular weight excluding hydrogens is 388 g/mol. The van der Waals surface area contributed by atoms with E-state index in [2.05, 4.69) is 0 Å². The van der Waals surface area contributed by atoms with E-state index in [0.29, 0.717) is 36.8 Å². The fourth-order valence-corrected chi connectivity index (χ4v) is 3.50. The second-order valence-electron chi connectivity index (χ2n) is 6.54. The Balaban J connectivity index is 1.73. The highest BCUT2D eigenvalue weighted by Gasteiger charge is 2.16. The van der Waals surface area contributed by atoms with Gasteiger partial charge in [-0.3, -0.25) is 9.59 Å². The molecule has 7 heteroatoms. The Morgan fingerprint density at radius 1 is 1.17 bits per heavy atom. The van der Waals surface area contributed by atoms with E-state index in [-0.39, 0.29) is 11.5 Å². The standard InChI is InChI=1S/C22H24N2O4S/c1-4-24(22(26)17-9-10-23(2)21(25)13-17)14-16-7-8-19(20(12-16)27-3)28-15-18-6-5-11-29-18/h5-13H,4,14-15H2,1-3H3. The summed E-state index contributed by atoms with van der Waals surface area (Å²) in [6.45, 7) is 3.32. The Morgan fingerprint density at radius 3 is 2.66 bits per heavy atom. The Labute approximate surface area is 173 Å². The molecule has 0 spiro atoms. The maximum Gasteiger partial charge on any atom is 0.254 e. The number of pyridine rings is 1. The average Bonchev–Trinajstić information content (AvgIpc) is 3.26. The van der Waals surface area contributed by atoms with Gasteiger partial charge in [0.25, 0.3) is 11.5 Å². The third-order valence-corrected chi connectivity index (χ3v) is 5.42. The average molecular weight is 413 g/mol. The van der Waals surface area contributed by atoms with E-state index in [1.165, 1.54) is 10.6 Å². The van der Waals surface area contributed by atoms with Crippen LogP contribution in [0.4, 0.5) is 0 Å². The van der Waals surface area contributed by atoms with Gasteiger partial charge in [-0.1, -0.05) is 12.1 Å². The van der Waals surface area contributed by atoms with Crippen LogP contribution in [0.1, 0.15) is 27.7 Å². The molecular formula is C22H24N2O4S. The van der Waals surface area contributed by atoms with E-state index in [1.807, 2.05) is 42.6 Å². The highest BCUT2D eigenvalue weighted by atomic mass is 32.1. The number of methoxy groups -OCH3 is 1. The molecule has 152 valence electrons. The summed E-state index contributed by atoms with van der Waals surface area (Å²) < 4.78 is 12.8. The zero-order valence-electron chi connectivity index (χ0n) is 16.8. The number of amides is 1. The summed E-state index contributed by atoms with van der Waals surface area (Å²) in [7, 11) is 3.25. The second-order valence-corrected chi connectivity index (χ2v) is 7.57. The third-order valence-electron chi connectivity index (χ3n) is 4.57. The van der Waals surface area contributed by atoms with Gasteiger partial charge in [-0.25, -0.2) is 0 Å². The number of thiophene rings is 1. The zero-order valence-corrected chi connectivity index (χ0v) is 17.6. The van der Waals surface area contributed by atoms with Crippen molar-refractivity contribution >= 4 is 17.2 Å². The number of carbonyl (C=O) groups is 1. The molecule has 0 N–H and O–H groups in total. The number of hydrogen-bond acceptors (Lipinski definition) is 5. The lowest BCUT2D eigenvalue weighted by molar-refractivity contribution is 0.0752. The van der Waals surface area contributed by atoms with Crippen molar-refractivity contribution in [2.75, 3.05) is 13.7 Å². The molecule has 0 saturated heterocycles. The SMILES string of the molecule is CCN(Cc1ccc(OCc2cccs2)c(OC)c1)C(=O)c1ccn(C)c(=O)c1. The second kappa shape index (κ2) is 9.43. The molecule has 0 unspecified atom stereocenters. The predicted molar refractivity (Wildman–Crippen MR) is 114 cm³/mol. The first kappa shape index (κ1) is 20.7. The quantitative estimate of drug-likeness (QED) is 0.566. The van der Waals surface area contributed by atoms with Crippen molar-refractivity contribution < 1.29 is 14.3 Å². The molecule has 0 aliphatic carbocycles. The van der Waals surface area contributed by atoms with Gasteiger partial charge in [-0.15, -0.1) is 11.3 Å². The summed E-state index contributed by atoms with van der Waals surface area (Å²) in [6, 6.07) is 12.7. The number of hydrogen-bond donors (Lipinski definition) is 0. The van der Waals surface area contributed by atoms with Crippen LogP contribution in [-0.2, 0) is 20.2 Å². The normalized spacial score (nSPS) is 10.6. The number of carbonyl (C=O) groups excluding carboxylic acids is 1. The van der Waals surface area contributed by atoms with Gasteiger partial charge in [0.05, 0.1) is 7.11 Å². The highest BCUT2D eigenvalue weighted by Crippen LogP contribution is 2.30. The maximum atomic E-state index is 12.8. The van der Waals surface area contributed by atoms with Gasteiger partial charge in [0.2, 0.25) is 0 Å². The van der Waals surface area contributed by atoms with E-state index < -0.39 is 0 Å². The van der Waals surface area contributed by atoms with E-state index in [0.717, 1.165) is 10.4 Å². The Bertz CT molecular complexity index is 1030. The monoisotopic (exact) mass is 412 g/mol. The van der Waals surface area contributed by atoms with Gasteiger partial charge < -0.3 is 18.9 Å². The largest absolute Gasteiger partial charge is 0.493 e. The van der Waals surface area contributed by atoms with Crippen molar-refractivity contribution in [1.82, 2.24) is 9.47 Å². The number of aromatic nitrogens is 1. The first-order valence-corrected chi connectivity index (χ1v) is 10.2. The van der Waals surface area contributed by atoms with Crippen LogP contribution in [0, 0.1) is 0 Å². The maximum absolute atomic E-state index is 12.8. The first-order chi connectivity index (χ1) is 14.0. The summed E-state index contributed by atoms with van der Waals surface area (Å²) in [5.74, 6) is 1.10. The Kier molecular flexibility index (Phi) is 6.72. The van der Waals surface area contributed by atoms with Crippen molar-refractivity contribution in [2.45, 2.75) is 20.1 Å². The smallest absolute Gasteiger partial charge is 0.254 e. The van der Waals surface area contributed by atoms with Gasteiger partial charge in [0, 0.05) is 42.8 Å². The van der Waals surface area contributed by atoms with E-state index in [1.54, 1.807) is 42.7 Å². The van der Waals surface area contributed by atoms with Gasteiger partial charge in [-0.2, -0.15) is 0 Å². The summed E-state index contributed by atoms with van der Waals surface area (Å²) in [6.07, 6.45) is 1.60. The lowest BCUT2D eigenvalue weighted by Gasteiger charge is -2.22. The van der Waals surface area contributed by atoms with Crippen molar-refractivity contribution in [2.24, 2.45) is 7.05 Å². The Hall–Kier alpha value is -3.06. The topological polar surface area (TPSA) is 60.8 Å². The van der Waals surface area contributed by atoms with Gasteiger partial charge in [0.1, 0.15) is 6.61 Å². The molecule has 0 aliphatic heterocycles. The molecule has 0 saturated carbocycles. The predicted octanol–water partition coefficient (Wildman–Crippen LogP) is 3.70. The van der Waals surface area contributed by atoms with Crippen molar-refractivity contribution in [3.63, 3.8) is 0 Å². The van der Waals surface area contributed by atoms with E-state index in [4.69, 9.17) is 9.47 Å². The van der Waals surface area contributed by atoms with Crippen LogP contribution in [0.25, 0.3) is 0 Å². The molecule has 3 rings (SSSR count). The fourth-order valence-electron chi connectivity index (χ4n) is 2.88. The lowest BCUT2D eigenvalue weighted by Crippen LogP contribution is -2.31. The molecule has 0 atom stereocenters. The van der Waals surface area contributed by atoms with Gasteiger partial charge in [-0.05, 0) is 42.1 Å². The molecule has 1 amide bonds. The highest BCUT2D eigenvalue weighted by molar-refractivity contribution is 7.09. The number of ether oxygens (including phenoxy) is 2. The number of rotatable bonds is 8. The van der Waals surface area contributed by atoms with Crippen molar-refractivity contribution in [1.29, 1.82) is 0 Å². The fraction of sp³-hybridized carbons (Fsp3) is 0.273. The summed E-state index contributed by atoms with van der Waals surface area (Å²) >= 11 is 1.64. The number of aryl methyl sites for hydroxylation is 1. The summed E-state index contributed by atoms with van der Waals surface area (Å²) in [4.78, 5) is 27.5. The summed E-state index contributed by atoms with van der Waals surface area (Å²) in [5.41, 5.74) is 1.10. The van der Waals surface area contributed by atoms with Crippen LogP contribution in [0.3, 0.4) is 0 Å². The lowest BCUT2D eigenvalue weighted by atomic mass is 10.1. The van der Waals surface area contributed by atoms with E-state index >= 15 is 0 Å². The van der Waals surface area contributed by atoms with Gasteiger partial charge >= 0.3 is 0 Å². The zero-order chi connectivity index (χ0) is 20.8. The molecule has 0 radical (unpaired) electrons. The minimum atomic E-state index is -0.208. The van der Waals surface area contributed by atoms with Gasteiger partial charge in [0.15, 0.2) is 11.5 Å². The van der Waals surface area contributed by atoms with Crippen molar-refractivity contribution in [3.05, 3.63) is 80.4 Å². The number of benzene rings is 1. The van der Waals surface area contributed by atoms with Crippen LogP contribution in [-0.4, -0.2) is 29.0 Å². The molecule has 2 aromatic heterocycles. The van der Waals surface area contributed by atoms with Crippen molar-refractivity contribution in [3.8, 4) is 11.5 Å². The van der Waals surface area contributed by atoms with E-state index in [9.17, 15) is 9.59 Å². The third kappa shape index (κ3) is 5.06. The molecule has 1 aromatic carbocycles. The van der Waals surface area contributed by atoms with Crippen LogP contribution < -0.4 is 15.0 Å². The number of nitrogens with zero attached hydrogens (tertiary/aromatic N) is 2. The minimum absolute atomic E-state index is 0.179. The molecule has 29 heavy (non-hydrogen) atoms. The molecule has 3 aromatic rings. The molecule has 6 nitrogen and oxygen atoms in total.